The summed E-state index contributed by atoms with van der Waals surface area (Å²) in [6, 6.07) is 10.2. The summed E-state index contributed by atoms with van der Waals surface area (Å²) in [5.41, 5.74) is 0.895. The zero-order chi connectivity index (χ0) is 18.4. The van der Waals surface area contributed by atoms with Crippen molar-refractivity contribution in [3.8, 4) is 6.07 Å². The van der Waals surface area contributed by atoms with Crippen molar-refractivity contribution in [2.45, 2.75) is 0 Å². The average molecular weight is 362 g/mol. The Morgan fingerprint density at radius 2 is 1.96 bits per heavy atom. The number of methoxy groups -OCH3 is 1. The van der Waals surface area contributed by atoms with E-state index in [0.717, 1.165) is 13.2 Å². The standard InChI is InChI=1S/C17H13ClFN3O3/c1-25-17(24)13-6-11(4-5-15(13)19)21-9-16(23)22-12-3-2-10(8-20)14(18)7-12/h2-7,21H,9H2,1H3,(H,22,23). The number of carbonyl (C=O) groups excluding carboxylic acids is 2. The van der Waals surface area contributed by atoms with E-state index in [1.807, 2.05) is 6.07 Å². The third-order valence-electron chi connectivity index (χ3n) is 3.20. The number of nitriles is 1. The molecule has 2 aromatic carbocycles. The first-order valence-electron chi connectivity index (χ1n) is 7.06. The molecular weight excluding hydrogens is 349 g/mol. The van der Waals surface area contributed by atoms with Crippen LogP contribution in [0.3, 0.4) is 0 Å². The molecule has 25 heavy (non-hydrogen) atoms. The second-order valence-corrected chi connectivity index (χ2v) is 5.30. The maximum absolute atomic E-state index is 13.5. The van der Waals surface area contributed by atoms with Crippen molar-refractivity contribution in [2.75, 3.05) is 24.3 Å². The number of nitrogens with one attached hydrogen (secondary N) is 2. The minimum absolute atomic E-state index is 0.121. The van der Waals surface area contributed by atoms with Crippen molar-refractivity contribution in [3.05, 3.63) is 58.4 Å². The Morgan fingerprint density at radius 1 is 1.24 bits per heavy atom. The molecule has 128 valence electrons. The van der Waals surface area contributed by atoms with Crippen LogP contribution in [-0.2, 0) is 9.53 Å². The quantitative estimate of drug-likeness (QED) is 0.798. The summed E-state index contributed by atoms with van der Waals surface area (Å²) >= 11 is 5.89. The smallest absolute Gasteiger partial charge is 0.340 e. The fourth-order valence-electron chi connectivity index (χ4n) is 1.97. The molecule has 0 radical (unpaired) electrons. The van der Waals surface area contributed by atoms with Crippen LogP contribution in [0.2, 0.25) is 5.02 Å². The summed E-state index contributed by atoms with van der Waals surface area (Å²) in [4.78, 5) is 23.4. The molecule has 0 aliphatic rings. The van der Waals surface area contributed by atoms with Gasteiger partial charge in [0.1, 0.15) is 11.9 Å². The van der Waals surface area contributed by atoms with Gasteiger partial charge < -0.3 is 15.4 Å². The molecule has 8 heteroatoms. The summed E-state index contributed by atoms with van der Waals surface area (Å²) in [6.45, 7) is -0.121. The van der Waals surface area contributed by atoms with Crippen LogP contribution in [0.15, 0.2) is 36.4 Å². The molecule has 1 amide bonds. The summed E-state index contributed by atoms with van der Waals surface area (Å²) in [5.74, 6) is -1.91. The van der Waals surface area contributed by atoms with Crippen molar-refractivity contribution in [1.82, 2.24) is 0 Å². The number of benzene rings is 2. The minimum Gasteiger partial charge on any atom is -0.465 e. The van der Waals surface area contributed by atoms with Gasteiger partial charge in [-0.3, -0.25) is 4.79 Å². The van der Waals surface area contributed by atoms with E-state index in [1.54, 1.807) is 6.07 Å². The predicted octanol–water partition coefficient (Wildman–Crippen LogP) is 3.19. The topological polar surface area (TPSA) is 91.2 Å². The highest BCUT2D eigenvalue weighted by Gasteiger charge is 2.13. The van der Waals surface area contributed by atoms with Crippen molar-refractivity contribution >= 4 is 34.9 Å². The van der Waals surface area contributed by atoms with Gasteiger partial charge in [0.25, 0.3) is 0 Å². The first-order chi connectivity index (χ1) is 11.9. The zero-order valence-corrected chi connectivity index (χ0v) is 13.9. The van der Waals surface area contributed by atoms with Gasteiger partial charge in [-0.25, -0.2) is 9.18 Å². The van der Waals surface area contributed by atoms with E-state index < -0.39 is 11.8 Å². The Balaban J connectivity index is 1.99. The molecule has 0 aromatic heterocycles. The summed E-state index contributed by atoms with van der Waals surface area (Å²) < 4.78 is 18.0. The molecule has 2 rings (SSSR count). The number of esters is 1. The fraction of sp³-hybridized carbons (Fsp3) is 0.118. The Labute approximate surface area is 148 Å². The van der Waals surface area contributed by atoms with Gasteiger partial charge >= 0.3 is 5.97 Å². The highest BCUT2D eigenvalue weighted by Crippen LogP contribution is 2.20. The molecule has 2 aromatic rings. The van der Waals surface area contributed by atoms with Gasteiger partial charge in [-0.2, -0.15) is 5.26 Å². The van der Waals surface area contributed by atoms with Crippen molar-refractivity contribution < 1.29 is 18.7 Å². The molecule has 2 N–H and O–H groups in total. The molecule has 6 nitrogen and oxygen atoms in total. The minimum atomic E-state index is -0.808. The lowest BCUT2D eigenvalue weighted by Crippen LogP contribution is -2.22. The van der Waals surface area contributed by atoms with Gasteiger partial charge in [-0.15, -0.1) is 0 Å². The van der Waals surface area contributed by atoms with Crippen LogP contribution in [0.25, 0.3) is 0 Å². The van der Waals surface area contributed by atoms with Gasteiger partial charge in [0, 0.05) is 11.4 Å². The molecule has 0 aliphatic heterocycles. The average Bonchev–Trinajstić information content (AvgIpc) is 2.60. The Morgan fingerprint density at radius 3 is 2.60 bits per heavy atom. The number of amides is 1. The van der Waals surface area contributed by atoms with Crippen LogP contribution >= 0.6 is 11.6 Å². The first kappa shape index (κ1) is 18.2. The van der Waals surface area contributed by atoms with Gasteiger partial charge in [0.2, 0.25) is 5.91 Å². The van der Waals surface area contributed by atoms with E-state index in [1.165, 1.54) is 24.3 Å². The number of halogens is 2. The SMILES string of the molecule is COC(=O)c1cc(NCC(=O)Nc2ccc(C#N)c(Cl)c2)ccc1F. The molecule has 0 unspecified atom stereocenters. The lowest BCUT2D eigenvalue weighted by atomic mass is 10.2. The molecular formula is C17H13ClFN3O3. The van der Waals surface area contributed by atoms with Crippen LogP contribution < -0.4 is 10.6 Å². The first-order valence-corrected chi connectivity index (χ1v) is 7.43. The number of hydrogen-bond donors (Lipinski definition) is 2. The van der Waals surface area contributed by atoms with Gasteiger partial charge in [-0.05, 0) is 36.4 Å². The maximum Gasteiger partial charge on any atom is 0.340 e. The molecule has 0 aliphatic carbocycles. The number of rotatable bonds is 5. The Kier molecular flexibility index (Phi) is 5.93. The number of hydrogen-bond acceptors (Lipinski definition) is 5. The second kappa shape index (κ2) is 8.13. The van der Waals surface area contributed by atoms with Crippen LogP contribution in [0.1, 0.15) is 15.9 Å². The number of carbonyl (C=O) groups is 2. The Bertz CT molecular complexity index is 865. The lowest BCUT2D eigenvalue weighted by Gasteiger charge is -2.10. The highest BCUT2D eigenvalue weighted by atomic mass is 35.5. The van der Waals surface area contributed by atoms with E-state index in [2.05, 4.69) is 15.4 Å². The number of ether oxygens (including phenoxy) is 1. The van der Waals surface area contributed by atoms with Crippen LogP contribution in [0.5, 0.6) is 0 Å². The van der Waals surface area contributed by atoms with Gasteiger partial charge in [0.05, 0.1) is 29.8 Å². The number of anilines is 2. The van der Waals surface area contributed by atoms with Crippen LogP contribution in [-0.4, -0.2) is 25.5 Å². The van der Waals surface area contributed by atoms with Gasteiger partial charge in [0.15, 0.2) is 0 Å². The summed E-state index contributed by atoms with van der Waals surface area (Å²) in [6.07, 6.45) is 0. The van der Waals surface area contributed by atoms with Crippen molar-refractivity contribution in [1.29, 1.82) is 5.26 Å². The zero-order valence-electron chi connectivity index (χ0n) is 13.1. The van der Waals surface area contributed by atoms with E-state index >= 15 is 0 Å². The fourth-order valence-corrected chi connectivity index (χ4v) is 2.20. The number of nitrogens with zero attached hydrogens (tertiary/aromatic N) is 1. The van der Waals surface area contributed by atoms with E-state index in [-0.39, 0.29) is 23.0 Å². The summed E-state index contributed by atoms with van der Waals surface area (Å²) in [5, 5.41) is 14.4. The van der Waals surface area contributed by atoms with Crippen LogP contribution in [0.4, 0.5) is 15.8 Å². The van der Waals surface area contributed by atoms with E-state index in [4.69, 9.17) is 16.9 Å². The monoisotopic (exact) mass is 361 g/mol. The van der Waals surface area contributed by atoms with Crippen LogP contribution in [0, 0.1) is 17.1 Å². The van der Waals surface area contributed by atoms with Crippen molar-refractivity contribution in [3.63, 3.8) is 0 Å². The Hall–Kier alpha value is -3.11. The maximum atomic E-state index is 13.5. The predicted molar refractivity (Wildman–Crippen MR) is 91.0 cm³/mol. The van der Waals surface area contributed by atoms with E-state index in [0.29, 0.717) is 16.9 Å². The molecule has 0 heterocycles. The molecule has 0 saturated carbocycles. The molecule has 0 saturated heterocycles. The third kappa shape index (κ3) is 4.68. The summed E-state index contributed by atoms with van der Waals surface area (Å²) in [7, 11) is 1.15. The van der Waals surface area contributed by atoms with Gasteiger partial charge in [-0.1, -0.05) is 11.6 Å². The van der Waals surface area contributed by atoms with E-state index in [9.17, 15) is 14.0 Å². The third-order valence-corrected chi connectivity index (χ3v) is 3.51. The molecule has 0 bridgehead atoms. The highest BCUT2D eigenvalue weighted by molar-refractivity contribution is 6.32. The normalized spacial score (nSPS) is 9.84. The lowest BCUT2D eigenvalue weighted by molar-refractivity contribution is -0.114. The molecule has 0 spiro atoms. The second-order valence-electron chi connectivity index (χ2n) is 4.89. The molecule has 0 atom stereocenters. The molecule has 0 fully saturated rings. The largest absolute Gasteiger partial charge is 0.465 e. The van der Waals surface area contributed by atoms with Crippen molar-refractivity contribution in [2.24, 2.45) is 0 Å².